The Morgan fingerprint density at radius 2 is 1.83 bits per heavy atom. The summed E-state index contributed by atoms with van der Waals surface area (Å²) in [6.07, 6.45) is 3.43. The van der Waals surface area contributed by atoms with Crippen LogP contribution in [0.2, 0.25) is 0 Å². The minimum Gasteiger partial charge on any atom is -0.493 e. The molecule has 0 atom stereocenters. The van der Waals surface area contributed by atoms with E-state index >= 15 is 0 Å². The molecule has 0 saturated carbocycles. The molecule has 0 spiro atoms. The molecule has 3 aromatic rings. The van der Waals surface area contributed by atoms with E-state index in [1.807, 2.05) is 12.1 Å². The average molecular weight is 475 g/mol. The van der Waals surface area contributed by atoms with Crippen molar-refractivity contribution in [3.63, 3.8) is 0 Å². The van der Waals surface area contributed by atoms with Gasteiger partial charge in [-0.3, -0.25) is 9.59 Å². The van der Waals surface area contributed by atoms with Crippen LogP contribution >= 0.6 is 15.9 Å². The lowest BCUT2D eigenvalue weighted by Gasteiger charge is -2.16. The van der Waals surface area contributed by atoms with Crippen molar-refractivity contribution in [1.29, 1.82) is 0 Å². The topological polar surface area (TPSA) is 118 Å². The zero-order valence-corrected chi connectivity index (χ0v) is 17.8. The lowest BCUT2D eigenvalue weighted by atomic mass is 10.1. The van der Waals surface area contributed by atoms with E-state index in [1.54, 1.807) is 29.2 Å². The second-order valence-electron chi connectivity index (χ2n) is 6.04. The van der Waals surface area contributed by atoms with Crippen LogP contribution in [0.1, 0.15) is 10.4 Å². The molecule has 0 aliphatic heterocycles. The van der Waals surface area contributed by atoms with Crippen LogP contribution in [0.3, 0.4) is 0 Å². The van der Waals surface area contributed by atoms with Gasteiger partial charge in [0.1, 0.15) is 0 Å². The van der Waals surface area contributed by atoms with E-state index in [0.29, 0.717) is 11.4 Å². The molecule has 1 aromatic heterocycles. The third-order valence-corrected chi connectivity index (χ3v) is 4.44. The molecule has 0 aliphatic carbocycles. The molecule has 0 fully saturated rings. The molecule has 3 rings (SSSR count). The number of hydrogen-bond donors (Lipinski definition) is 2. The van der Waals surface area contributed by atoms with Gasteiger partial charge in [0.2, 0.25) is 5.75 Å². The van der Waals surface area contributed by atoms with Crippen molar-refractivity contribution < 1.29 is 23.8 Å². The highest BCUT2D eigenvalue weighted by Gasteiger charge is 2.19. The van der Waals surface area contributed by atoms with Gasteiger partial charge >= 0.3 is 0 Å². The Morgan fingerprint density at radius 3 is 2.40 bits per heavy atom. The lowest BCUT2D eigenvalue weighted by molar-refractivity contribution is -0.120. The molecule has 0 aliphatic rings. The van der Waals surface area contributed by atoms with E-state index in [4.69, 9.17) is 19.9 Å². The third-order valence-electron chi connectivity index (χ3n) is 4.03. The van der Waals surface area contributed by atoms with Gasteiger partial charge in [-0.1, -0.05) is 12.1 Å². The van der Waals surface area contributed by atoms with E-state index in [9.17, 15) is 9.59 Å². The highest BCUT2D eigenvalue weighted by Crippen LogP contribution is 2.38. The summed E-state index contributed by atoms with van der Waals surface area (Å²) in [6.45, 7) is -0.356. The molecule has 156 valence electrons. The van der Waals surface area contributed by atoms with Crippen LogP contribution in [0.25, 0.3) is 5.69 Å². The quantitative estimate of drug-likeness (QED) is 0.518. The van der Waals surface area contributed by atoms with Crippen molar-refractivity contribution in [3.05, 3.63) is 58.8 Å². The third kappa shape index (κ3) is 4.71. The van der Waals surface area contributed by atoms with Crippen LogP contribution in [-0.4, -0.2) is 42.4 Å². The lowest BCUT2D eigenvalue weighted by Crippen LogP contribution is -2.20. The van der Waals surface area contributed by atoms with Crippen molar-refractivity contribution in [2.45, 2.75) is 0 Å². The van der Waals surface area contributed by atoms with Crippen LogP contribution in [0.4, 0.5) is 5.69 Å². The smallest absolute Gasteiger partial charge is 0.255 e. The number of ether oxygens (including phenoxy) is 3. The fraction of sp³-hybridized carbons (Fsp3) is 0.150. The molecule has 30 heavy (non-hydrogen) atoms. The Bertz CT molecular complexity index is 1060. The molecule has 9 nitrogen and oxygen atoms in total. The molecule has 0 saturated heterocycles. The molecular formula is C20H19BrN4O5. The number of hydrogen-bond acceptors (Lipinski definition) is 6. The maximum Gasteiger partial charge on any atom is 0.255 e. The van der Waals surface area contributed by atoms with Crippen molar-refractivity contribution in [2.75, 3.05) is 26.1 Å². The highest BCUT2D eigenvalue weighted by molar-refractivity contribution is 9.10. The van der Waals surface area contributed by atoms with E-state index in [-0.39, 0.29) is 29.4 Å². The van der Waals surface area contributed by atoms with Gasteiger partial charge in [0.15, 0.2) is 18.1 Å². The highest BCUT2D eigenvalue weighted by atomic mass is 79.9. The van der Waals surface area contributed by atoms with Gasteiger partial charge in [-0.2, -0.15) is 5.10 Å². The number of para-hydroxylation sites is 2. The van der Waals surface area contributed by atoms with Crippen LogP contribution in [-0.2, 0) is 4.79 Å². The second kappa shape index (κ2) is 9.31. The number of aromatic nitrogens is 2. The maximum atomic E-state index is 12.9. The number of nitrogens with zero attached hydrogens (tertiary/aromatic N) is 2. The summed E-state index contributed by atoms with van der Waals surface area (Å²) in [7, 11) is 2.83. The van der Waals surface area contributed by atoms with E-state index in [1.165, 1.54) is 26.4 Å². The fourth-order valence-electron chi connectivity index (χ4n) is 2.70. The summed E-state index contributed by atoms with van der Waals surface area (Å²) in [5, 5.41) is 7.12. The van der Waals surface area contributed by atoms with Gasteiger partial charge in [-0.25, -0.2) is 4.68 Å². The molecule has 10 heteroatoms. The number of carbonyl (C=O) groups is 2. The Balaban J connectivity index is 1.92. The first-order valence-electron chi connectivity index (χ1n) is 8.71. The van der Waals surface area contributed by atoms with Crippen molar-refractivity contribution in [2.24, 2.45) is 5.73 Å². The fourth-order valence-corrected chi connectivity index (χ4v) is 2.99. The molecule has 2 amide bonds. The molecule has 3 N–H and O–H groups in total. The number of nitrogens with two attached hydrogens (primary N) is 1. The van der Waals surface area contributed by atoms with Gasteiger partial charge in [0, 0.05) is 11.8 Å². The summed E-state index contributed by atoms with van der Waals surface area (Å²) in [5.74, 6) is -0.415. The number of carbonyl (C=O) groups excluding carboxylic acids is 2. The predicted molar refractivity (Wildman–Crippen MR) is 113 cm³/mol. The van der Waals surface area contributed by atoms with Crippen molar-refractivity contribution in [3.8, 4) is 22.9 Å². The van der Waals surface area contributed by atoms with E-state index in [2.05, 4.69) is 26.3 Å². The predicted octanol–water partition coefficient (Wildman–Crippen LogP) is 2.77. The van der Waals surface area contributed by atoms with Gasteiger partial charge < -0.3 is 25.3 Å². The number of primary amides is 1. The number of rotatable bonds is 8. The SMILES string of the molecule is COc1cc(C(=O)Nc2ccccc2-n2cc(Br)cn2)cc(OC)c1OCC(N)=O. The Labute approximate surface area is 180 Å². The van der Waals surface area contributed by atoms with Gasteiger partial charge in [0.05, 0.1) is 36.3 Å². The van der Waals surface area contributed by atoms with E-state index < -0.39 is 11.8 Å². The number of anilines is 1. The molecule has 2 aromatic carbocycles. The first kappa shape index (κ1) is 21.2. The van der Waals surface area contributed by atoms with Gasteiger partial charge in [0.25, 0.3) is 11.8 Å². The maximum absolute atomic E-state index is 12.9. The average Bonchev–Trinajstić information content (AvgIpc) is 3.17. The minimum absolute atomic E-state index is 0.178. The molecule has 0 radical (unpaired) electrons. The number of benzene rings is 2. The van der Waals surface area contributed by atoms with Gasteiger partial charge in [-0.15, -0.1) is 0 Å². The van der Waals surface area contributed by atoms with Crippen molar-refractivity contribution >= 4 is 33.4 Å². The summed E-state index contributed by atoms with van der Waals surface area (Å²) >= 11 is 3.36. The van der Waals surface area contributed by atoms with Crippen LogP contribution < -0.4 is 25.3 Å². The Morgan fingerprint density at radius 1 is 1.17 bits per heavy atom. The number of amides is 2. The molecule has 1 heterocycles. The summed E-state index contributed by atoms with van der Waals surface area (Å²) in [4.78, 5) is 24.0. The largest absolute Gasteiger partial charge is 0.493 e. The van der Waals surface area contributed by atoms with E-state index in [0.717, 1.165) is 4.47 Å². The van der Waals surface area contributed by atoms with Crippen molar-refractivity contribution in [1.82, 2.24) is 9.78 Å². The summed E-state index contributed by atoms with van der Waals surface area (Å²) < 4.78 is 18.4. The number of nitrogens with one attached hydrogen (secondary N) is 1. The molecule has 0 unspecified atom stereocenters. The standard InChI is InChI=1S/C20H19BrN4O5/c1-28-16-7-12(8-17(29-2)19(16)30-11-18(22)26)20(27)24-14-5-3-4-6-15(14)25-10-13(21)9-23-25/h3-10H,11H2,1-2H3,(H2,22,26)(H,24,27). The number of halogens is 1. The normalized spacial score (nSPS) is 10.4. The zero-order valence-electron chi connectivity index (χ0n) is 16.2. The number of methoxy groups -OCH3 is 2. The zero-order chi connectivity index (χ0) is 21.7. The van der Waals surface area contributed by atoms with Crippen LogP contribution in [0.5, 0.6) is 17.2 Å². The van der Waals surface area contributed by atoms with Gasteiger partial charge in [-0.05, 0) is 40.2 Å². The Hall–Kier alpha value is -3.53. The van der Waals surface area contributed by atoms with Crippen LogP contribution in [0.15, 0.2) is 53.3 Å². The Kier molecular flexibility index (Phi) is 6.58. The minimum atomic E-state index is -0.650. The molecular weight excluding hydrogens is 456 g/mol. The monoisotopic (exact) mass is 474 g/mol. The summed E-state index contributed by atoms with van der Waals surface area (Å²) in [6, 6.07) is 10.2. The summed E-state index contributed by atoms with van der Waals surface area (Å²) in [5.41, 5.74) is 6.65. The second-order valence-corrected chi connectivity index (χ2v) is 6.95. The molecule has 0 bridgehead atoms. The first-order chi connectivity index (χ1) is 14.4. The van der Waals surface area contributed by atoms with Crippen LogP contribution in [0, 0.1) is 0 Å². The first-order valence-corrected chi connectivity index (χ1v) is 9.50.